The number of ether oxygens (including phenoxy) is 4. The Morgan fingerprint density at radius 1 is 0.516 bits per heavy atom. The van der Waals surface area contributed by atoms with Crippen LogP contribution in [0.2, 0.25) is 0 Å². The smallest absolute Gasteiger partial charge is 0.305 e. The Bertz CT molecular complexity index is 452. The number of carboxylic acid groups (broad SMARTS) is 4. The SMILES string of the molecule is O=C(O)CCOCC(COCCC(=O)O)NC(COCCC(=O)O)COCCC(=O)O. The molecule has 0 spiro atoms. The van der Waals surface area contributed by atoms with Crippen molar-refractivity contribution >= 4 is 23.9 Å². The van der Waals surface area contributed by atoms with Crippen molar-refractivity contribution in [1.29, 1.82) is 0 Å². The minimum atomic E-state index is -1.02. The molecular formula is C18H31NO12. The maximum atomic E-state index is 10.6. The van der Waals surface area contributed by atoms with Crippen molar-refractivity contribution in [2.45, 2.75) is 37.8 Å². The zero-order chi connectivity index (χ0) is 23.5. The first-order chi connectivity index (χ1) is 14.7. The van der Waals surface area contributed by atoms with Gasteiger partial charge in [0, 0.05) is 0 Å². The molecular weight excluding hydrogens is 422 g/mol. The average Bonchev–Trinajstić information content (AvgIpc) is 2.67. The van der Waals surface area contributed by atoms with Crippen LogP contribution >= 0.6 is 0 Å². The first-order valence-electron chi connectivity index (χ1n) is 9.64. The normalized spacial score (nSPS) is 11.2. The molecule has 0 radical (unpaired) electrons. The van der Waals surface area contributed by atoms with Crippen LogP contribution < -0.4 is 5.32 Å². The first-order valence-corrected chi connectivity index (χ1v) is 9.64. The quantitative estimate of drug-likeness (QED) is 0.129. The summed E-state index contributed by atoms with van der Waals surface area (Å²) in [5.41, 5.74) is 0. The zero-order valence-electron chi connectivity index (χ0n) is 17.2. The molecule has 0 fully saturated rings. The van der Waals surface area contributed by atoms with E-state index in [1.807, 2.05) is 0 Å². The number of hydrogen-bond donors (Lipinski definition) is 5. The van der Waals surface area contributed by atoms with Crippen LogP contribution in [0.25, 0.3) is 0 Å². The molecule has 5 N–H and O–H groups in total. The largest absolute Gasteiger partial charge is 0.481 e. The second-order valence-corrected chi connectivity index (χ2v) is 6.44. The van der Waals surface area contributed by atoms with Gasteiger partial charge in [0.15, 0.2) is 0 Å². The van der Waals surface area contributed by atoms with E-state index in [0.717, 1.165) is 0 Å². The number of rotatable bonds is 22. The zero-order valence-corrected chi connectivity index (χ0v) is 17.2. The summed E-state index contributed by atoms with van der Waals surface area (Å²) in [6.07, 6.45) is -0.752. The molecule has 0 atom stereocenters. The molecule has 180 valence electrons. The molecule has 0 bridgehead atoms. The van der Waals surface area contributed by atoms with Crippen LogP contribution in [0, 0.1) is 0 Å². The molecule has 0 unspecified atom stereocenters. The molecule has 0 saturated carbocycles. The van der Waals surface area contributed by atoms with Crippen LogP contribution in [-0.4, -0.2) is 109 Å². The summed E-state index contributed by atoms with van der Waals surface area (Å²) in [5, 5.41) is 37.8. The number of hydrogen-bond acceptors (Lipinski definition) is 9. The molecule has 0 aliphatic rings. The fourth-order valence-corrected chi connectivity index (χ4v) is 2.16. The maximum absolute atomic E-state index is 10.6. The number of nitrogens with one attached hydrogen (secondary N) is 1. The van der Waals surface area contributed by atoms with Gasteiger partial charge >= 0.3 is 23.9 Å². The van der Waals surface area contributed by atoms with Crippen LogP contribution in [0.4, 0.5) is 0 Å². The average molecular weight is 453 g/mol. The first kappa shape index (κ1) is 28.7. The predicted octanol–water partition coefficient (Wildman–Crippen LogP) is -0.722. The third-order valence-electron chi connectivity index (χ3n) is 3.59. The Hall–Kier alpha value is -2.32. The molecule has 0 saturated heterocycles. The number of carbonyl (C=O) groups is 4. The Kier molecular flexibility index (Phi) is 17.1. The molecule has 0 rings (SSSR count). The van der Waals surface area contributed by atoms with E-state index in [4.69, 9.17) is 39.4 Å². The second-order valence-electron chi connectivity index (χ2n) is 6.44. The van der Waals surface area contributed by atoms with Gasteiger partial charge in [-0.15, -0.1) is 0 Å². The Labute approximate surface area is 179 Å². The Balaban J connectivity index is 4.71. The Morgan fingerprint density at radius 2 is 0.742 bits per heavy atom. The van der Waals surface area contributed by atoms with Gasteiger partial charge in [0.1, 0.15) is 0 Å². The molecule has 0 aliphatic heterocycles. The van der Waals surface area contributed by atoms with Crippen LogP contribution in [0.3, 0.4) is 0 Å². The lowest BCUT2D eigenvalue weighted by Gasteiger charge is -2.26. The van der Waals surface area contributed by atoms with Crippen molar-refractivity contribution in [2.75, 3.05) is 52.9 Å². The highest BCUT2D eigenvalue weighted by Crippen LogP contribution is 1.99. The van der Waals surface area contributed by atoms with Crippen molar-refractivity contribution in [2.24, 2.45) is 0 Å². The molecule has 0 heterocycles. The van der Waals surface area contributed by atoms with E-state index in [-0.39, 0.29) is 78.5 Å². The van der Waals surface area contributed by atoms with E-state index in [2.05, 4.69) is 5.32 Å². The summed E-state index contributed by atoms with van der Waals surface area (Å²) < 4.78 is 21.3. The summed E-state index contributed by atoms with van der Waals surface area (Å²) >= 11 is 0. The minimum absolute atomic E-state index is 0.0302. The fourth-order valence-electron chi connectivity index (χ4n) is 2.16. The van der Waals surface area contributed by atoms with Crippen molar-refractivity contribution in [3.63, 3.8) is 0 Å². The van der Waals surface area contributed by atoms with E-state index in [1.54, 1.807) is 0 Å². The van der Waals surface area contributed by atoms with Crippen LogP contribution in [0.5, 0.6) is 0 Å². The lowest BCUT2D eigenvalue weighted by molar-refractivity contribution is -0.139. The maximum Gasteiger partial charge on any atom is 0.305 e. The van der Waals surface area contributed by atoms with E-state index in [0.29, 0.717) is 0 Å². The molecule has 0 aromatic rings. The minimum Gasteiger partial charge on any atom is -0.481 e. The van der Waals surface area contributed by atoms with Crippen molar-refractivity contribution in [1.82, 2.24) is 5.32 Å². The lowest BCUT2D eigenvalue weighted by Crippen LogP contribution is -2.48. The van der Waals surface area contributed by atoms with Gasteiger partial charge in [-0.05, 0) is 0 Å². The van der Waals surface area contributed by atoms with Crippen molar-refractivity contribution < 1.29 is 58.6 Å². The van der Waals surface area contributed by atoms with Gasteiger partial charge in [-0.2, -0.15) is 0 Å². The summed E-state index contributed by atoms with van der Waals surface area (Å²) in [5.74, 6) is -4.06. The highest BCUT2D eigenvalue weighted by Gasteiger charge is 2.18. The Morgan fingerprint density at radius 3 is 0.935 bits per heavy atom. The van der Waals surface area contributed by atoms with Gasteiger partial charge in [-0.1, -0.05) is 0 Å². The fraction of sp³-hybridized carbons (Fsp3) is 0.778. The highest BCUT2D eigenvalue weighted by molar-refractivity contribution is 5.67. The molecule has 13 nitrogen and oxygen atoms in total. The van der Waals surface area contributed by atoms with Crippen LogP contribution in [-0.2, 0) is 38.1 Å². The van der Waals surface area contributed by atoms with Gasteiger partial charge in [0.25, 0.3) is 0 Å². The van der Waals surface area contributed by atoms with E-state index < -0.39 is 36.0 Å². The van der Waals surface area contributed by atoms with E-state index in [9.17, 15) is 19.2 Å². The predicted molar refractivity (Wildman–Crippen MR) is 103 cm³/mol. The molecule has 0 aromatic heterocycles. The van der Waals surface area contributed by atoms with Gasteiger partial charge in [0.2, 0.25) is 0 Å². The summed E-state index contributed by atoms with van der Waals surface area (Å²) in [4.78, 5) is 42.4. The van der Waals surface area contributed by atoms with Crippen LogP contribution in [0.1, 0.15) is 25.7 Å². The van der Waals surface area contributed by atoms with Crippen molar-refractivity contribution in [3.8, 4) is 0 Å². The molecule has 0 amide bonds. The van der Waals surface area contributed by atoms with E-state index in [1.165, 1.54) is 0 Å². The molecule has 13 heteroatoms. The second kappa shape index (κ2) is 18.4. The molecule has 0 aliphatic carbocycles. The van der Waals surface area contributed by atoms with Crippen molar-refractivity contribution in [3.05, 3.63) is 0 Å². The molecule has 31 heavy (non-hydrogen) atoms. The number of aliphatic carboxylic acids is 4. The van der Waals surface area contributed by atoms with Gasteiger partial charge in [0.05, 0.1) is 90.6 Å². The van der Waals surface area contributed by atoms with Gasteiger partial charge < -0.3 is 44.7 Å². The van der Waals surface area contributed by atoms with Crippen LogP contribution in [0.15, 0.2) is 0 Å². The summed E-state index contributed by atoms with van der Waals surface area (Å²) in [6.45, 7) is 0.106. The number of carboxylic acids is 4. The lowest BCUT2D eigenvalue weighted by atomic mass is 10.2. The molecule has 0 aromatic carbocycles. The standard InChI is InChI=1S/C18H31NO12/c20-15(21)1-5-28-9-13(10-29-6-2-16(22)23)19-14(11-30-7-3-17(24)25)12-31-8-4-18(26)27/h13-14,19H,1-12H2,(H,20,21)(H,22,23)(H,24,25)(H,26,27). The van der Waals surface area contributed by atoms with E-state index >= 15 is 0 Å². The highest BCUT2D eigenvalue weighted by atomic mass is 16.5. The monoisotopic (exact) mass is 453 g/mol. The third kappa shape index (κ3) is 20.7. The summed E-state index contributed by atoms with van der Waals surface area (Å²) in [6, 6.07) is -0.947. The van der Waals surface area contributed by atoms with Gasteiger partial charge in [-0.25, -0.2) is 0 Å². The topological polar surface area (TPSA) is 198 Å². The van der Waals surface area contributed by atoms with Gasteiger partial charge in [-0.3, -0.25) is 19.2 Å². The third-order valence-corrected chi connectivity index (χ3v) is 3.59. The summed E-state index contributed by atoms with van der Waals surface area (Å²) in [7, 11) is 0.